The number of para-hydroxylation sites is 4. The molecule has 0 aliphatic rings. The summed E-state index contributed by atoms with van der Waals surface area (Å²) in [6.45, 7) is 0. The van der Waals surface area contributed by atoms with Gasteiger partial charge in [-0.25, -0.2) is 0 Å². The average Bonchev–Trinajstić information content (AvgIpc) is 4.11. The predicted octanol–water partition coefficient (Wildman–Crippen LogP) is 14.8. The van der Waals surface area contributed by atoms with E-state index in [0.29, 0.717) is 0 Å². The van der Waals surface area contributed by atoms with Crippen molar-refractivity contribution in [2.75, 3.05) is 0 Å². The quantitative estimate of drug-likeness (QED) is 0.168. The molecule has 0 unspecified atom stereocenters. The van der Waals surface area contributed by atoms with Gasteiger partial charge in [-0.1, -0.05) is 140 Å². The molecule has 0 spiro atoms. The topological polar surface area (TPSA) is 40.6 Å². The Bertz CT molecular complexity index is 3870. The fourth-order valence-corrected chi connectivity index (χ4v) is 10.9. The molecule has 62 heavy (non-hydrogen) atoms. The third-order valence-electron chi connectivity index (χ3n) is 12.4. The van der Waals surface area contributed by atoms with Crippen LogP contribution < -0.4 is 0 Å². The summed E-state index contributed by atoms with van der Waals surface area (Å²) in [6.07, 6.45) is 0. The molecule has 290 valence electrons. The van der Waals surface area contributed by atoms with Crippen molar-refractivity contribution >= 4 is 75.1 Å². The summed E-state index contributed by atoms with van der Waals surface area (Å²) in [5.41, 5.74) is 12.3. The molecule has 0 aliphatic heterocycles. The van der Waals surface area contributed by atoms with Crippen LogP contribution in [0.5, 0.6) is 0 Å². The van der Waals surface area contributed by atoms with Crippen molar-refractivity contribution < 1.29 is 0 Å². The third kappa shape index (κ3) is 5.20. The minimum atomic E-state index is 0.797. The Morgan fingerprint density at radius 1 is 0.339 bits per heavy atom. The lowest BCUT2D eigenvalue weighted by Crippen LogP contribution is -2.00. The maximum absolute atomic E-state index is 4.83. The number of fused-ring (bicyclic) bond motifs is 10. The molecule has 13 rings (SSSR count). The minimum absolute atomic E-state index is 0.797. The molecule has 0 saturated heterocycles. The van der Waals surface area contributed by atoms with Crippen LogP contribution in [0, 0.1) is 0 Å². The first-order chi connectivity index (χ1) is 30.8. The molecule has 0 fully saturated rings. The van der Waals surface area contributed by atoms with Crippen molar-refractivity contribution in [3.05, 3.63) is 212 Å². The van der Waals surface area contributed by atoms with E-state index in [4.69, 9.17) is 10.2 Å². The fraction of sp³-hybridized carbons (Fsp3) is 0. The summed E-state index contributed by atoms with van der Waals surface area (Å²) in [4.78, 5) is 0. The van der Waals surface area contributed by atoms with Gasteiger partial charge in [-0.2, -0.15) is 0 Å². The molecule has 5 nitrogen and oxygen atoms in total. The largest absolute Gasteiger partial charge is 0.309 e. The lowest BCUT2D eigenvalue weighted by molar-refractivity contribution is 1.07. The van der Waals surface area contributed by atoms with E-state index in [2.05, 4.69) is 202 Å². The zero-order valence-electron chi connectivity index (χ0n) is 33.4. The normalized spacial score (nSPS) is 11.9. The molecular weight excluding hydrogens is 775 g/mol. The summed E-state index contributed by atoms with van der Waals surface area (Å²) < 4.78 is 9.69. The van der Waals surface area contributed by atoms with Crippen LogP contribution in [0.3, 0.4) is 0 Å². The summed E-state index contributed by atoms with van der Waals surface area (Å²) in [6, 6.07) is 76.2. The van der Waals surface area contributed by atoms with E-state index in [-0.39, 0.29) is 0 Å². The number of hydrogen-bond acceptors (Lipinski definition) is 3. The highest BCUT2D eigenvalue weighted by Crippen LogP contribution is 2.45. The van der Waals surface area contributed by atoms with Crippen molar-refractivity contribution in [1.29, 1.82) is 0 Å². The van der Waals surface area contributed by atoms with E-state index >= 15 is 0 Å². The number of thiophene rings is 1. The number of nitrogens with zero attached hydrogens (tertiary/aromatic N) is 5. The lowest BCUT2D eigenvalue weighted by atomic mass is 10.0. The van der Waals surface area contributed by atoms with Crippen LogP contribution in [0.4, 0.5) is 0 Å². The molecule has 6 heteroatoms. The molecule has 13 aromatic rings. The van der Waals surface area contributed by atoms with Crippen molar-refractivity contribution in [2.24, 2.45) is 0 Å². The fourth-order valence-electron chi connectivity index (χ4n) is 9.68. The molecule has 4 heterocycles. The molecular formula is C56H35N5S. The molecule has 0 bridgehead atoms. The smallest absolute Gasteiger partial charge is 0.168 e. The SMILES string of the molecule is c1ccc(-c2nnc(-c3ccc4c(c3)c3ccccc3n4-c3cccc(-c4ccccc4-n4c5ccccc5c5c6sc7ccccc7c6ccc54)c3)n2-c2ccccc2)cc1. The van der Waals surface area contributed by atoms with Gasteiger partial charge in [0.1, 0.15) is 0 Å². The van der Waals surface area contributed by atoms with Gasteiger partial charge in [0.25, 0.3) is 0 Å². The van der Waals surface area contributed by atoms with Gasteiger partial charge in [-0.05, 0) is 78.4 Å². The molecule has 0 saturated carbocycles. The molecule has 0 atom stereocenters. The first-order valence-electron chi connectivity index (χ1n) is 20.9. The van der Waals surface area contributed by atoms with Crippen LogP contribution in [0.15, 0.2) is 212 Å². The van der Waals surface area contributed by atoms with Crippen LogP contribution in [0.25, 0.3) is 115 Å². The van der Waals surface area contributed by atoms with Crippen LogP contribution in [-0.2, 0) is 0 Å². The molecule has 4 aromatic heterocycles. The van der Waals surface area contributed by atoms with Crippen LogP contribution >= 0.6 is 11.3 Å². The van der Waals surface area contributed by atoms with E-state index in [0.717, 1.165) is 61.8 Å². The van der Waals surface area contributed by atoms with Gasteiger partial charge in [0.15, 0.2) is 11.6 Å². The second-order valence-corrected chi connectivity index (χ2v) is 16.9. The van der Waals surface area contributed by atoms with E-state index in [1.54, 1.807) is 0 Å². The standard InChI is InChI=1S/C56H35N5S/c1-3-16-36(17-4-1)55-57-58-56(60(55)39-19-5-2-6-20-39)38-30-32-50-46(35-38)42-23-8-12-27-48(42)59(50)40-21-15-18-37(34-40)41-22-7-11-26-47(41)61-49-28-13-9-25-45(49)53-51(61)33-31-44-43-24-10-14-29-52(43)62-54(44)53/h1-35H. The van der Waals surface area contributed by atoms with Gasteiger partial charge in [-0.15, -0.1) is 21.5 Å². The summed E-state index contributed by atoms with van der Waals surface area (Å²) >= 11 is 1.89. The molecule has 0 radical (unpaired) electrons. The zero-order chi connectivity index (χ0) is 40.7. The predicted molar refractivity (Wildman–Crippen MR) is 259 cm³/mol. The average molecular weight is 810 g/mol. The molecule has 9 aromatic carbocycles. The first-order valence-corrected chi connectivity index (χ1v) is 21.7. The van der Waals surface area contributed by atoms with Crippen molar-refractivity contribution in [1.82, 2.24) is 23.9 Å². The summed E-state index contributed by atoms with van der Waals surface area (Å²) in [5.74, 6) is 1.60. The Morgan fingerprint density at radius 3 is 1.79 bits per heavy atom. The number of benzene rings is 9. The van der Waals surface area contributed by atoms with Gasteiger partial charge in [0.05, 0.1) is 27.8 Å². The second kappa shape index (κ2) is 13.7. The Hall–Kier alpha value is -8.06. The highest BCUT2D eigenvalue weighted by atomic mass is 32.1. The Balaban J connectivity index is 0.977. The van der Waals surface area contributed by atoms with Gasteiger partial charge in [0.2, 0.25) is 0 Å². The van der Waals surface area contributed by atoms with Crippen LogP contribution in [0.1, 0.15) is 0 Å². The highest BCUT2D eigenvalue weighted by molar-refractivity contribution is 7.26. The van der Waals surface area contributed by atoms with Crippen molar-refractivity contribution in [3.63, 3.8) is 0 Å². The Kier molecular flexibility index (Phi) is 7.71. The molecule has 0 aliphatic carbocycles. The van der Waals surface area contributed by atoms with E-state index in [9.17, 15) is 0 Å². The van der Waals surface area contributed by atoms with Gasteiger partial charge < -0.3 is 9.13 Å². The monoisotopic (exact) mass is 809 g/mol. The van der Waals surface area contributed by atoms with Gasteiger partial charge >= 0.3 is 0 Å². The van der Waals surface area contributed by atoms with Crippen LogP contribution in [0.2, 0.25) is 0 Å². The minimum Gasteiger partial charge on any atom is -0.309 e. The van der Waals surface area contributed by atoms with Gasteiger partial charge in [0, 0.05) is 69.8 Å². The summed E-state index contributed by atoms with van der Waals surface area (Å²) in [7, 11) is 0. The Morgan fingerprint density at radius 2 is 0.952 bits per heavy atom. The zero-order valence-corrected chi connectivity index (χ0v) is 34.2. The summed E-state index contributed by atoms with van der Waals surface area (Å²) in [5, 5.41) is 17.1. The number of aromatic nitrogens is 5. The van der Waals surface area contributed by atoms with Crippen molar-refractivity contribution in [2.45, 2.75) is 0 Å². The maximum atomic E-state index is 4.83. The van der Waals surface area contributed by atoms with Crippen LogP contribution in [-0.4, -0.2) is 23.9 Å². The van der Waals surface area contributed by atoms with E-state index in [1.165, 1.54) is 52.9 Å². The molecule has 0 amide bonds. The van der Waals surface area contributed by atoms with Gasteiger partial charge in [-0.3, -0.25) is 4.57 Å². The lowest BCUT2D eigenvalue weighted by Gasteiger charge is -2.16. The third-order valence-corrected chi connectivity index (χ3v) is 13.6. The Labute approximate surface area is 360 Å². The van der Waals surface area contributed by atoms with Crippen molar-refractivity contribution in [3.8, 4) is 51.0 Å². The van der Waals surface area contributed by atoms with E-state index < -0.39 is 0 Å². The molecule has 0 N–H and O–H groups in total. The number of rotatable bonds is 6. The second-order valence-electron chi connectivity index (χ2n) is 15.8. The highest BCUT2D eigenvalue weighted by Gasteiger charge is 2.22. The first kappa shape index (κ1) is 34.8. The number of hydrogen-bond donors (Lipinski definition) is 0. The maximum Gasteiger partial charge on any atom is 0.168 e. The van der Waals surface area contributed by atoms with E-state index in [1.807, 2.05) is 35.6 Å².